The Morgan fingerprint density at radius 2 is 1.84 bits per heavy atom. The highest BCUT2D eigenvalue weighted by atomic mass is 16.5. The Hall–Kier alpha value is -2.30. The highest BCUT2D eigenvalue weighted by Gasteiger charge is 2.16. The number of pyridine rings is 1. The van der Waals surface area contributed by atoms with E-state index in [0.717, 1.165) is 37.1 Å². The first kappa shape index (κ1) is 17.5. The molecule has 1 fully saturated rings. The van der Waals surface area contributed by atoms with Gasteiger partial charge in [0.2, 0.25) is 5.91 Å². The van der Waals surface area contributed by atoms with Crippen molar-refractivity contribution in [2.75, 3.05) is 13.1 Å². The smallest absolute Gasteiger partial charge is 0.258 e. The van der Waals surface area contributed by atoms with Crippen molar-refractivity contribution in [2.24, 2.45) is 0 Å². The van der Waals surface area contributed by atoms with E-state index < -0.39 is 0 Å². The van der Waals surface area contributed by atoms with Crippen LogP contribution < -0.4 is 10.3 Å². The predicted molar refractivity (Wildman–Crippen MR) is 99.0 cm³/mol. The molecule has 0 unspecified atom stereocenters. The topological polar surface area (TPSA) is 51.5 Å². The van der Waals surface area contributed by atoms with Gasteiger partial charge in [-0.05, 0) is 56.3 Å². The van der Waals surface area contributed by atoms with E-state index in [4.69, 9.17) is 4.74 Å². The van der Waals surface area contributed by atoms with Crippen LogP contribution in [0.4, 0.5) is 0 Å². The summed E-state index contributed by atoms with van der Waals surface area (Å²) in [4.78, 5) is 27.1. The summed E-state index contributed by atoms with van der Waals surface area (Å²) in [6, 6.07) is 7.34. The molecule has 0 spiro atoms. The molecule has 0 radical (unpaired) electrons. The SMILES string of the molecule is CC(C)Oc1ccc2c(=O)n(CC(=O)N3CCCCCC3)ccc2c1. The number of ether oxygens (including phenoxy) is 1. The van der Waals surface area contributed by atoms with E-state index in [1.165, 1.54) is 17.4 Å². The van der Waals surface area contributed by atoms with Crippen LogP contribution in [-0.4, -0.2) is 34.6 Å². The summed E-state index contributed by atoms with van der Waals surface area (Å²) < 4.78 is 7.19. The van der Waals surface area contributed by atoms with Crippen LogP contribution in [0.2, 0.25) is 0 Å². The maximum Gasteiger partial charge on any atom is 0.258 e. The van der Waals surface area contributed by atoms with E-state index in [1.807, 2.05) is 36.9 Å². The fraction of sp³-hybridized carbons (Fsp3) is 0.500. The molecule has 0 bridgehead atoms. The maximum absolute atomic E-state index is 12.7. The Labute approximate surface area is 148 Å². The zero-order valence-electron chi connectivity index (χ0n) is 15.0. The Morgan fingerprint density at radius 1 is 1.12 bits per heavy atom. The van der Waals surface area contributed by atoms with Gasteiger partial charge in [0, 0.05) is 24.7 Å². The molecule has 1 aromatic heterocycles. The summed E-state index contributed by atoms with van der Waals surface area (Å²) in [6.45, 7) is 5.65. The van der Waals surface area contributed by atoms with Crippen LogP contribution in [0.25, 0.3) is 10.8 Å². The van der Waals surface area contributed by atoms with E-state index in [0.29, 0.717) is 5.39 Å². The largest absolute Gasteiger partial charge is 0.491 e. The van der Waals surface area contributed by atoms with E-state index >= 15 is 0 Å². The molecule has 1 aromatic carbocycles. The fourth-order valence-electron chi connectivity index (χ4n) is 3.30. The molecular weight excluding hydrogens is 316 g/mol. The number of fused-ring (bicyclic) bond motifs is 1. The van der Waals surface area contributed by atoms with Crippen LogP contribution in [0.15, 0.2) is 35.3 Å². The number of aromatic nitrogens is 1. The number of nitrogens with zero attached hydrogens (tertiary/aromatic N) is 2. The minimum absolute atomic E-state index is 0.0307. The van der Waals surface area contributed by atoms with Crippen molar-refractivity contribution in [3.63, 3.8) is 0 Å². The summed E-state index contributed by atoms with van der Waals surface area (Å²) in [7, 11) is 0. The summed E-state index contributed by atoms with van der Waals surface area (Å²) in [5, 5.41) is 1.45. The van der Waals surface area contributed by atoms with E-state index in [9.17, 15) is 9.59 Å². The third-order valence-corrected chi connectivity index (χ3v) is 4.58. The Bertz CT molecular complexity index is 802. The first-order chi connectivity index (χ1) is 12.0. The fourth-order valence-corrected chi connectivity index (χ4v) is 3.30. The lowest BCUT2D eigenvalue weighted by Crippen LogP contribution is -2.37. The molecule has 0 N–H and O–H groups in total. The number of carbonyl (C=O) groups excluding carboxylic acids is 1. The highest BCUT2D eigenvalue weighted by Crippen LogP contribution is 2.19. The summed E-state index contributed by atoms with van der Waals surface area (Å²) in [5.41, 5.74) is -0.128. The van der Waals surface area contributed by atoms with Crippen LogP contribution >= 0.6 is 0 Å². The minimum atomic E-state index is -0.128. The molecule has 25 heavy (non-hydrogen) atoms. The van der Waals surface area contributed by atoms with Gasteiger partial charge in [-0.2, -0.15) is 0 Å². The van der Waals surface area contributed by atoms with Gasteiger partial charge in [0.1, 0.15) is 12.3 Å². The highest BCUT2D eigenvalue weighted by molar-refractivity contribution is 5.83. The lowest BCUT2D eigenvalue weighted by atomic mass is 10.1. The molecule has 5 nitrogen and oxygen atoms in total. The van der Waals surface area contributed by atoms with Crippen LogP contribution in [-0.2, 0) is 11.3 Å². The second-order valence-corrected chi connectivity index (χ2v) is 6.96. The average Bonchev–Trinajstić information content (AvgIpc) is 2.86. The van der Waals surface area contributed by atoms with Crippen molar-refractivity contribution < 1.29 is 9.53 Å². The van der Waals surface area contributed by atoms with Crippen LogP contribution in [0, 0.1) is 0 Å². The van der Waals surface area contributed by atoms with Gasteiger partial charge in [-0.1, -0.05) is 12.8 Å². The van der Waals surface area contributed by atoms with E-state index in [1.54, 1.807) is 12.3 Å². The van der Waals surface area contributed by atoms with E-state index in [-0.39, 0.29) is 24.1 Å². The number of carbonyl (C=O) groups is 1. The van der Waals surface area contributed by atoms with Crippen molar-refractivity contribution in [3.05, 3.63) is 40.8 Å². The van der Waals surface area contributed by atoms with Crippen LogP contribution in [0.3, 0.4) is 0 Å². The third-order valence-electron chi connectivity index (χ3n) is 4.58. The normalized spacial score (nSPS) is 15.4. The number of amides is 1. The Kier molecular flexibility index (Phi) is 5.41. The van der Waals surface area contributed by atoms with Gasteiger partial charge < -0.3 is 14.2 Å². The number of benzene rings is 1. The molecular formula is C20H26N2O3. The van der Waals surface area contributed by atoms with Crippen molar-refractivity contribution in [2.45, 2.75) is 52.2 Å². The van der Waals surface area contributed by atoms with Crippen LogP contribution in [0.1, 0.15) is 39.5 Å². The average molecular weight is 342 g/mol. The van der Waals surface area contributed by atoms with Gasteiger partial charge in [0.05, 0.1) is 6.10 Å². The minimum Gasteiger partial charge on any atom is -0.491 e. The van der Waals surface area contributed by atoms with Crippen molar-refractivity contribution in [3.8, 4) is 5.75 Å². The molecule has 1 aliphatic heterocycles. The molecule has 3 rings (SSSR count). The molecule has 1 amide bonds. The Balaban J connectivity index is 1.81. The zero-order valence-corrected chi connectivity index (χ0v) is 15.0. The van der Waals surface area contributed by atoms with Gasteiger partial charge in [0.25, 0.3) is 5.56 Å². The summed E-state index contributed by atoms with van der Waals surface area (Å²) in [6.07, 6.45) is 6.26. The van der Waals surface area contributed by atoms with Gasteiger partial charge in [-0.3, -0.25) is 9.59 Å². The monoisotopic (exact) mass is 342 g/mol. The predicted octanol–water partition coefficient (Wildman–Crippen LogP) is 3.19. The summed E-state index contributed by atoms with van der Waals surface area (Å²) >= 11 is 0. The molecule has 1 saturated heterocycles. The zero-order chi connectivity index (χ0) is 17.8. The first-order valence-corrected chi connectivity index (χ1v) is 9.12. The van der Waals surface area contributed by atoms with Crippen molar-refractivity contribution >= 4 is 16.7 Å². The summed E-state index contributed by atoms with van der Waals surface area (Å²) in [5.74, 6) is 0.781. The molecule has 0 atom stereocenters. The molecule has 0 saturated carbocycles. The molecule has 1 aliphatic rings. The molecule has 0 aliphatic carbocycles. The second kappa shape index (κ2) is 7.72. The van der Waals surface area contributed by atoms with E-state index in [2.05, 4.69) is 0 Å². The quantitative estimate of drug-likeness (QED) is 0.857. The van der Waals surface area contributed by atoms with Gasteiger partial charge in [-0.25, -0.2) is 0 Å². The molecule has 2 heterocycles. The van der Waals surface area contributed by atoms with Gasteiger partial charge in [-0.15, -0.1) is 0 Å². The Morgan fingerprint density at radius 3 is 2.52 bits per heavy atom. The molecule has 5 heteroatoms. The first-order valence-electron chi connectivity index (χ1n) is 9.12. The lowest BCUT2D eigenvalue weighted by molar-refractivity contribution is -0.131. The molecule has 134 valence electrons. The number of rotatable bonds is 4. The lowest BCUT2D eigenvalue weighted by Gasteiger charge is -2.20. The van der Waals surface area contributed by atoms with Crippen molar-refractivity contribution in [1.82, 2.24) is 9.47 Å². The number of likely N-dealkylation sites (tertiary alicyclic amines) is 1. The number of hydrogen-bond acceptors (Lipinski definition) is 3. The maximum atomic E-state index is 12.7. The standard InChI is InChI=1S/C20H26N2O3/c1-15(2)25-17-7-8-18-16(13-17)9-12-22(20(18)24)14-19(23)21-10-5-3-4-6-11-21/h7-9,12-13,15H,3-6,10-11,14H2,1-2H3. The number of hydrogen-bond donors (Lipinski definition) is 0. The third kappa shape index (κ3) is 4.21. The van der Waals surface area contributed by atoms with Gasteiger partial charge in [0.15, 0.2) is 0 Å². The molecule has 2 aromatic rings. The second-order valence-electron chi connectivity index (χ2n) is 6.96. The van der Waals surface area contributed by atoms with Crippen molar-refractivity contribution in [1.29, 1.82) is 0 Å². The van der Waals surface area contributed by atoms with Gasteiger partial charge >= 0.3 is 0 Å². The van der Waals surface area contributed by atoms with Crippen LogP contribution in [0.5, 0.6) is 5.75 Å².